The Balaban J connectivity index is 1.74. The van der Waals surface area contributed by atoms with E-state index in [0.29, 0.717) is 0 Å². The average molecular weight is 246 g/mol. The first kappa shape index (κ1) is 13.4. The minimum Gasteiger partial charge on any atom is -0.374 e. The maximum absolute atomic E-state index is 3.55. The molecule has 1 heterocycles. The molecule has 0 aromatic heterocycles. The second-order valence-electron chi connectivity index (χ2n) is 5.37. The van der Waals surface area contributed by atoms with E-state index >= 15 is 0 Å². The van der Waals surface area contributed by atoms with E-state index < -0.39 is 0 Å². The molecule has 1 aromatic rings. The lowest BCUT2D eigenvalue weighted by Gasteiger charge is -2.12. The SMILES string of the molecule is CCCCCCNCc1ccc2c(c1)CCN2C. The molecule has 0 bridgehead atoms. The molecule has 0 spiro atoms. The van der Waals surface area contributed by atoms with Crippen LogP contribution in [0.2, 0.25) is 0 Å². The fourth-order valence-corrected chi connectivity index (χ4v) is 2.64. The van der Waals surface area contributed by atoms with Gasteiger partial charge in [-0.1, -0.05) is 38.3 Å². The Labute approximate surface area is 111 Å². The number of likely N-dealkylation sites (N-methyl/N-ethyl adjacent to an activating group) is 1. The molecular weight excluding hydrogens is 220 g/mol. The second-order valence-corrected chi connectivity index (χ2v) is 5.37. The maximum atomic E-state index is 3.55. The Kier molecular flexibility index (Phi) is 5.06. The Morgan fingerprint density at radius 2 is 2.11 bits per heavy atom. The molecule has 0 aliphatic carbocycles. The lowest BCUT2D eigenvalue weighted by molar-refractivity contribution is 0.598. The van der Waals surface area contributed by atoms with Gasteiger partial charge in [-0.2, -0.15) is 0 Å². The van der Waals surface area contributed by atoms with E-state index in [1.54, 1.807) is 0 Å². The Morgan fingerprint density at radius 1 is 1.22 bits per heavy atom. The molecule has 1 N–H and O–H groups in total. The van der Waals surface area contributed by atoms with Crippen molar-refractivity contribution in [1.29, 1.82) is 0 Å². The molecule has 1 aliphatic rings. The molecule has 2 nitrogen and oxygen atoms in total. The summed E-state index contributed by atoms with van der Waals surface area (Å²) >= 11 is 0. The van der Waals surface area contributed by atoms with Crippen molar-refractivity contribution in [2.24, 2.45) is 0 Å². The Morgan fingerprint density at radius 3 is 2.94 bits per heavy atom. The number of hydrogen-bond acceptors (Lipinski definition) is 2. The van der Waals surface area contributed by atoms with Gasteiger partial charge in [-0.25, -0.2) is 0 Å². The highest BCUT2D eigenvalue weighted by molar-refractivity contribution is 5.58. The number of hydrogen-bond donors (Lipinski definition) is 1. The smallest absolute Gasteiger partial charge is 0.0397 e. The molecular formula is C16H26N2. The molecule has 0 unspecified atom stereocenters. The summed E-state index contributed by atoms with van der Waals surface area (Å²) < 4.78 is 0. The van der Waals surface area contributed by atoms with Gasteiger partial charge in [-0.05, 0) is 36.6 Å². The van der Waals surface area contributed by atoms with Gasteiger partial charge >= 0.3 is 0 Å². The highest BCUT2D eigenvalue weighted by atomic mass is 15.1. The zero-order valence-corrected chi connectivity index (χ0v) is 11.8. The summed E-state index contributed by atoms with van der Waals surface area (Å²) in [7, 11) is 2.18. The fraction of sp³-hybridized carbons (Fsp3) is 0.625. The molecule has 0 fully saturated rings. The van der Waals surface area contributed by atoms with Crippen LogP contribution in [0.5, 0.6) is 0 Å². The Hall–Kier alpha value is -1.02. The number of nitrogens with one attached hydrogen (secondary N) is 1. The molecule has 2 heteroatoms. The maximum Gasteiger partial charge on any atom is 0.0397 e. The van der Waals surface area contributed by atoms with E-state index in [1.807, 2.05) is 0 Å². The van der Waals surface area contributed by atoms with Gasteiger partial charge < -0.3 is 10.2 Å². The molecule has 2 rings (SSSR count). The average Bonchev–Trinajstić information content (AvgIpc) is 2.75. The third kappa shape index (κ3) is 3.49. The number of benzene rings is 1. The normalized spacial score (nSPS) is 14.0. The first-order chi connectivity index (χ1) is 8.81. The van der Waals surface area contributed by atoms with Gasteiger partial charge in [0.25, 0.3) is 0 Å². The molecule has 100 valence electrons. The van der Waals surface area contributed by atoms with Crippen LogP contribution in [0.1, 0.15) is 43.7 Å². The first-order valence-electron chi connectivity index (χ1n) is 7.35. The summed E-state index contributed by atoms with van der Waals surface area (Å²) in [5.41, 5.74) is 4.36. The van der Waals surface area contributed by atoms with Gasteiger partial charge in [0, 0.05) is 25.8 Å². The third-order valence-corrected chi connectivity index (χ3v) is 3.81. The van der Waals surface area contributed by atoms with Crippen molar-refractivity contribution in [1.82, 2.24) is 5.32 Å². The highest BCUT2D eigenvalue weighted by Gasteiger charge is 2.15. The second kappa shape index (κ2) is 6.79. The third-order valence-electron chi connectivity index (χ3n) is 3.81. The predicted molar refractivity (Wildman–Crippen MR) is 79.3 cm³/mol. The van der Waals surface area contributed by atoms with Crippen LogP contribution >= 0.6 is 0 Å². The zero-order valence-electron chi connectivity index (χ0n) is 11.8. The summed E-state index contributed by atoms with van der Waals surface area (Å²) in [6.07, 6.45) is 6.56. The molecule has 0 amide bonds. The number of unbranched alkanes of at least 4 members (excludes halogenated alkanes) is 3. The molecule has 18 heavy (non-hydrogen) atoms. The van der Waals surface area contributed by atoms with Gasteiger partial charge in [-0.3, -0.25) is 0 Å². The largest absolute Gasteiger partial charge is 0.374 e. The van der Waals surface area contributed by atoms with E-state index in [4.69, 9.17) is 0 Å². The zero-order chi connectivity index (χ0) is 12.8. The van der Waals surface area contributed by atoms with Crippen LogP contribution < -0.4 is 10.2 Å². The van der Waals surface area contributed by atoms with Crippen molar-refractivity contribution in [3.05, 3.63) is 29.3 Å². The number of rotatable bonds is 7. The van der Waals surface area contributed by atoms with E-state index in [1.165, 1.54) is 55.5 Å². The molecule has 1 aromatic carbocycles. The predicted octanol–water partition coefficient (Wildman–Crippen LogP) is 3.35. The lowest BCUT2D eigenvalue weighted by Crippen LogP contribution is -2.15. The van der Waals surface area contributed by atoms with Crippen LogP contribution in [0.4, 0.5) is 5.69 Å². The van der Waals surface area contributed by atoms with Crippen molar-refractivity contribution in [3.8, 4) is 0 Å². The van der Waals surface area contributed by atoms with Crippen LogP contribution in [0, 0.1) is 0 Å². The monoisotopic (exact) mass is 246 g/mol. The minimum absolute atomic E-state index is 1.02. The van der Waals surface area contributed by atoms with E-state index in [2.05, 4.69) is 42.4 Å². The summed E-state index contributed by atoms with van der Waals surface area (Å²) in [4.78, 5) is 2.34. The number of nitrogens with zero attached hydrogens (tertiary/aromatic N) is 1. The first-order valence-corrected chi connectivity index (χ1v) is 7.35. The molecule has 0 atom stereocenters. The standard InChI is InChI=1S/C16H26N2/c1-3-4-5-6-10-17-13-14-7-8-16-15(12-14)9-11-18(16)2/h7-8,12,17H,3-6,9-11,13H2,1-2H3. The van der Waals surface area contributed by atoms with Gasteiger partial charge in [0.2, 0.25) is 0 Å². The van der Waals surface area contributed by atoms with Gasteiger partial charge in [0.15, 0.2) is 0 Å². The van der Waals surface area contributed by atoms with E-state index in [9.17, 15) is 0 Å². The summed E-state index contributed by atoms with van der Waals surface area (Å²) in [5, 5.41) is 3.55. The highest BCUT2D eigenvalue weighted by Crippen LogP contribution is 2.27. The molecule has 0 saturated heterocycles. The fourth-order valence-electron chi connectivity index (χ4n) is 2.64. The molecule has 1 aliphatic heterocycles. The molecule has 0 saturated carbocycles. The quantitative estimate of drug-likeness (QED) is 0.742. The van der Waals surface area contributed by atoms with Gasteiger partial charge in [-0.15, -0.1) is 0 Å². The number of anilines is 1. The molecule has 0 radical (unpaired) electrons. The van der Waals surface area contributed by atoms with Gasteiger partial charge in [0.1, 0.15) is 0 Å². The minimum atomic E-state index is 1.02. The van der Waals surface area contributed by atoms with Crippen molar-refractivity contribution < 1.29 is 0 Å². The van der Waals surface area contributed by atoms with E-state index in [0.717, 1.165) is 13.1 Å². The van der Waals surface area contributed by atoms with Crippen molar-refractivity contribution in [2.75, 3.05) is 25.0 Å². The van der Waals surface area contributed by atoms with E-state index in [-0.39, 0.29) is 0 Å². The Bertz CT molecular complexity index is 373. The van der Waals surface area contributed by atoms with Crippen LogP contribution in [0.15, 0.2) is 18.2 Å². The van der Waals surface area contributed by atoms with Gasteiger partial charge in [0.05, 0.1) is 0 Å². The van der Waals surface area contributed by atoms with Crippen LogP contribution in [0.3, 0.4) is 0 Å². The van der Waals surface area contributed by atoms with Crippen molar-refractivity contribution in [2.45, 2.75) is 45.6 Å². The number of fused-ring (bicyclic) bond motifs is 1. The summed E-state index contributed by atoms with van der Waals surface area (Å²) in [5.74, 6) is 0. The summed E-state index contributed by atoms with van der Waals surface area (Å²) in [6, 6.07) is 6.91. The summed E-state index contributed by atoms with van der Waals surface area (Å²) in [6.45, 7) is 5.60. The van der Waals surface area contributed by atoms with Crippen molar-refractivity contribution >= 4 is 5.69 Å². The topological polar surface area (TPSA) is 15.3 Å². The van der Waals surface area contributed by atoms with Crippen LogP contribution in [-0.2, 0) is 13.0 Å². The lowest BCUT2D eigenvalue weighted by atomic mass is 10.1. The van der Waals surface area contributed by atoms with Crippen LogP contribution in [-0.4, -0.2) is 20.1 Å². The van der Waals surface area contributed by atoms with Crippen LogP contribution in [0.25, 0.3) is 0 Å². The van der Waals surface area contributed by atoms with Crippen molar-refractivity contribution in [3.63, 3.8) is 0 Å².